The highest BCUT2D eigenvalue weighted by atomic mass is 35.5. The van der Waals surface area contributed by atoms with E-state index in [-0.39, 0.29) is 0 Å². The van der Waals surface area contributed by atoms with Gasteiger partial charge in [0.05, 0.1) is 10.5 Å². The molecule has 1 heterocycles. The minimum atomic E-state index is 0.876. The Bertz CT molecular complexity index is 602. The molecule has 2 aromatic rings. The normalized spacial score (nSPS) is 15.0. The Hall–Kier alpha value is -1.08. The van der Waals surface area contributed by atoms with Crippen molar-refractivity contribution in [3.8, 4) is 0 Å². The highest BCUT2D eigenvalue weighted by molar-refractivity contribution is 6.36. The van der Waals surface area contributed by atoms with Crippen molar-refractivity contribution in [2.24, 2.45) is 0 Å². The van der Waals surface area contributed by atoms with Gasteiger partial charge in [0.1, 0.15) is 0 Å². The molecule has 0 atom stereocenters. The maximum Gasteiger partial charge on any atom is 0.0755 e. The molecule has 1 aromatic carbocycles. The molecule has 0 bridgehead atoms. The summed E-state index contributed by atoms with van der Waals surface area (Å²) in [5.74, 6) is 0. The SMILES string of the molecule is Cc1nc2c3c(ccc2c(Cl)c1C)CCCC3. The Morgan fingerprint density at radius 1 is 1.12 bits per heavy atom. The Balaban J connectivity index is 2.40. The average molecular weight is 246 g/mol. The molecular formula is C15H16ClN. The van der Waals surface area contributed by atoms with Crippen LogP contribution in [0.4, 0.5) is 0 Å². The molecule has 1 aliphatic rings. The van der Waals surface area contributed by atoms with Crippen LogP contribution < -0.4 is 0 Å². The Kier molecular flexibility index (Phi) is 2.59. The van der Waals surface area contributed by atoms with Crippen LogP contribution in [-0.4, -0.2) is 4.98 Å². The van der Waals surface area contributed by atoms with Gasteiger partial charge in [-0.25, -0.2) is 0 Å². The first-order valence-electron chi connectivity index (χ1n) is 6.25. The molecule has 0 fully saturated rings. The summed E-state index contributed by atoms with van der Waals surface area (Å²) in [6.45, 7) is 4.09. The van der Waals surface area contributed by atoms with Gasteiger partial charge in [-0.1, -0.05) is 23.7 Å². The fourth-order valence-electron chi connectivity index (χ4n) is 2.73. The highest BCUT2D eigenvalue weighted by Crippen LogP contribution is 2.33. The molecule has 88 valence electrons. The molecule has 1 aliphatic carbocycles. The molecule has 0 spiro atoms. The fourth-order valence-corrected chi connectivity index (χ4v) is 3.01. The van der Waals surface area contributed by atoms with Crippen LogP contribution in [-0.2, 0) is 12.8 Å². The van der Waals surface area contributed by atoms with Gasteiger partial charge in [-0.05, 0) is 56.2 Å². The van der Waals surface area contributed by atoms with Crippen LogP contribution in [0, 0.1) is 13.8 Å². The van der Waals surface area contributed by atoms with Crippen molar-refractivity contribution < 1.29 is 0 Å². The minimum Gasteiger partial charge on any atom is -0.252 e. The molecule has 0 saturated carbocycles. The molecule has 1 nitrogen and oxygen atoms in total. The third kappa shape index (κ3) is 1.64. The van der Waals surface area contributed by atoms with Crippen molar-refractivity contribution in [3.05, 3.63) is 39.5 Å². The smallest absolute Gasteiger partial charge is 0.0755 e. The second-order valence-corrected chi connectivity index (χ2v) is 5.32. The third-order valence-electron chi connectivity index (χ3n) is 3.89. The molecule has 0 aliphatic heterocycles. The van der Waals surface area contributed by atoms with Gasteiger partial charge in [0, 0.05) is 11.1 Å². The van der Waals surface area contributed by atoms with Crippen LogP contribution in [0.5, 0.6) is 0 Å². The summed E-state index contributed by atoms with van der Waals surface area (Å²) in [6, 6.07) is 4.38. The van der Waals surface area contributed by atoms with Crippen LogP contribution >= 0.6 is 11.6 Å². The van der Waals surface area contributed by atoms with Crippen molar-refractivity contribution in [1.29, 1.82) is 0 Å². The van der Waals surface area contributed by atoms with Gasteiger partial charge in [-0.15, -0.1) is 0 Å². The van der Waals surface area contributed by atoms with Crippen LogP contribution in [0.1, 0.15) is 35.2 Å². The number of hydrogen-bond acceptors (Lipinski definition) is 1. The predicted octanol–water partition coefficient (Wildman–Crippen LogP) is 4.38. The van der Waals surface area contributed by atoms with E-state index in [9.17, 15) is 0 Å². The second kappa shape index (κ2) is 3.99. The van der Waals surface area contributed by atoms with E-state index in [1.54, 1.807) is 0 Å². The van der Waals surface area contributed by atoms with Crippen molar-refractivity contribution in [3.63, 3.8) is 0 Å². The number of fused-ring (bicyclic) bond motifs is 3. The van der Waals surface area contributed by atoms with Crippen molar-refractivity contribution in [2.75, 3.05) is 0 Å². The summed E-state index contributed by atoms with van der Waals surface area (Å²) < 4.78 is 0. The van der Waals surface area contributed by atoms with Gasteiger partial charge in [-0.2, -0.15) is 0 Å². The molecule has 0 amide bonds. The lowest BCUT2D eigenvalue weighted by atomic mass is 9.89. The van der Waals surface area contributed by atoms with Gasteiger partial charge < -0.3 is 0 Å². The Morgan fingerprint density at radius 3 is 2.71 bits per heavy atom. The van der Waals surface area contributed by atoms with Crippen molar-refractivity contribution >= 4 is 22.5 Å². The number of nitrogens with zero attached hydrogens (tertiary/aromatic N) is 1. The summed E-state index contributed by atoms with van der Waals surface area (Å²) in [6.07, 6.45) is 4.92. The van der Waals surface area contributed by atoms with E-state index in [0.29, 0.717) is 0 Å². The third-order valence-corrected chi connectivity index (χ3v) is 4.38. The molecule has 0 radical (unpaired) electrons. The zero-order chi connectivity index (χ0) is 12.0. The maximum absolute atomic E-state index is 6.43. The van der Waals surface area contributed by atoms with Crippen LogP contribution in [0.2, 0.25) is 5.02 Å². The molecule has 0 N–H and O–H groups in total. The summed E-state index contributed by atoms with van der Waals surface area (Å²) >= 11 is 6.43. The van der Waals surface area contributed by atoms with E-state index < -0.39 is 0 Å². The summed E-state index contributed by atoms with van der Waals surface area (Å²) in [5.41, 5.74) is 6.20. The summed E-state index contributed by atoms with van der Waals surface area (Å²) in [7, 11) is 0. The molecule has 2 heteroatoms. The molecule has 3 rings (SSSR count). The summed E-state index contributed by atoms with van der Waals surface area (Å²) in [4.78, 5) is 4.76. The lowest BCUT2D eigenvalue weighted by Gasteiger charge is -2.18. The van der Waals surface area contributed by atoms with E-state index in [4.69, 9.17) is 16.6 Å². The van der Waals surface area contributed by atoms with Gasteiger partial charge in [0.2, 0.25) is 0 Å². The van der Waals surface area contributed by atoms with Gasteiger partial charge in [-0.3, -0.25) is 4.98 Å². The van der Waals surface area contributed by atoms with E-state index in [1.807, 2.05) is 13.8 Å². The molecule has 1 aromatic heterocycles. The monoisotopic (exact) mass is 245 g/mol. The Morgan fingerprint density at radius 2 is 1.88 bits per heavy atom. The van der Waals surface area contributed by atoms with E-state index in [0.717, 1.165) is 33.6 Å². The minimum absolute atomic E-state index is 0.876. The summed E-state index contributed by atoms with van der Waals surface area (Å²) in [5, 5.41) is 2.00. The number of benzene rings is 1. The molecule has 0 unspecified atom stereocenters. The number of rotatable bonds is 0. The van der Waals surface area contributed by atoms with Gasteiger partial charge in [0.25, 0.3) is 0 Å². The number of pyridine rings is 1. The average Bonchev–Trinajstić information content (AvgIpc) is 2.36. The number of hydrogen-bond donors (Lipinski definition) is 0. The molecular weight excluding hydrogens is 230 g/mol. The number of halogens is 1. The van der Waals surface area contributed by atoms with Crippen molar-refractivity contribution in [2.45, 2.75) is 39.5 Å². The van der Waals surface area contributed by atoms with E-state index >= 15 is 0 Å². The molecule has 0 saturated heterocycles. The maximum atomic E-state index is 6.43. The highest BCUT2D eigenvalue weighted by Gasteiger charge is 2.16. The fraction of sp³-hybridized carbons (Fsp3) is 0.400. The van der Waals surface area contributed by atoms with E-state index in [1.165, 1.54) is 30.4 Å². The number of aromatic nitrogens is 1. The van der Waals surface area contributed by atoms with Gasteiger partial charge in [0.15, 0.2) is 0 Å². The zero-order valence-electron chi connectivity index (χ0n) is 10.3. The van der Waals surface area contributed by atoms with Crippen LogP contribution in [0.25, 0.3) is 10.9 Å². The second-order valence-electron chi connectivity index (χ2n) is 4.94. The topological polar surface area (TPSA) is 12.9 Å². The zero-order valence-corrected chi connectivity index (χ0v) is 11.1. The first-order chi connectivity index (χ1) is 8.18. The number of aryl methyl sites for hydroxylation is 3. The predicted molar refractivity (Wildman–Crippen MR) is 72.9 cm³/mol. The lowest BCUT2D eigenvalue weighted by molar-refractivity contribution is 0.689. The Labute approximate surface area is 107 Å². The van der Waals surface area contributed by atoms with E-state index in [2.05, 4.69) is 12.1 Å². The van der Waals surface area contributed by atoms with Crippen LogP contribution in [0.15, 0.2) is 12.1 Å². The van der Waals surface area contributed by atoms with Crippen LogP contribution in [0.3, 0.4) is 0 Å². The van der Waals surface area contributed by atoms with Crippen molar-refractivity contribution in [1.82, 2.24) is 4.98 Å². The van der Waals surface area contributed by atoms with Gasteiger partial charge >= 0.3 is 0 Å². The largest absolute Gasteiger partial charge is 0.252 e. The standard InChI is InChI=1S/C15H16ClN/c1-9-10(2)17-15-12-6-4-3-5-11(12)7-8-13(15)14(9)16/h7-8H,3-6H2,1-2H3. The first-order valence-corrected chi connectivity index (χ1v) is 6.63. The molecule has 17 heavy (non-hydrogen) atoms. The lowest BCUT2D eigenvalue weighted by Crippen LogP contribution is -2.05. The quantitative estimate of drug-likeness (QED) is 0.671. The first kappa shape index (κ1) is 11.0.